The van der Waals surface area contributed by atoms with Gasteiger partial charge in [-0.1, -0.05) is 0 Å². The molecule has 0 aliphatic heterocycles. The van der Waals surface area contributed by atoms with Crippen LogP contribution in [0.15, 0.2) is 33.5 Å². The van der Waals surface area contributed by atoms with E-state index in [1.165, 1.54) is 0 Å². The van der Waals surface area contributed by atoms with Crippen LogP contribution in [0.5, 0.6) is 23.0 Å². The molecule has 4 N–H and O–H groups in total. The average molecular weight is 260 g/mol. The molecule has 6 heteroatoms. The van der Waals surface area contributed by atoms with Gasteiger partial charge in [-0.3, -0.25) is 4.79 Å². The standard InChI is InChI=1S/C13H8O6/c14-5-1-7-12(18)11-8(16)2-6(15)4-10(11)19-13(7)9(17)3-5/h1-4,14-17H. The molecule has 1 aromatic heterocycles. The molecular weight excluding hydrogens is 252 g/mol. The summed E-state index contributed by atoms with van der Waals surface area (Å²) in [7, 11) is 0. The van der Waals surface area contributed by atoms with E-state index in [1.54, 1.807) is 0 Å². The highest BCUT2D eigenvalue weighted by Crippen LogP contribution is 2.34. The average Bonchev–Trinajstić information content (AvgIpc) is 2.30. The topological polar surface area (TPSA) is 111 Å². The van der Waals surface area contributed by atoms with Crippen LogP contribution in [-0.4, -0.2) is 20.4 Å². The van der Waals surface area contributed by atoms with Crippen LogP contribution in [-0.2, 0) is 0 Å². The lowest BCUT2D eigenvalue weighted by atomic mass is 10.1. The minimum Gasteiger partial charge on any atom is -0.508 e. The van der Waals surface area contributed by atoms with E-state index in [-0.39, 0.29) is 33.4 Å². The van der Waals surface area contributed by atoms with E-state index >= 15 is 0 Å². The molecule has 2 aromatic carbocycles. The third-order valence-electron chi connectivity index (χ3n) is 2.80. The van der Waals surface area contributed by atoms with Gasteiger partial charge in [0.15, 0.2) is 11.3 Å². The van der Waals surface area contributed by atoms with Crippen molar-refractivity contribution in [3.63, 3.8) is 0 Å². The Morgan fingerprint density at radius 2 is 1.47 bits per heavy atom. The number of hydrogen-bond acceptors (Lipinski definition) is 6. The number of phenolic OH excluding ortho intramolecular Hbond substituents is 4. The molecule has 0 unspecified atom stereocenters. The molecule has 96 valence electrons. The van der Waals surface area contributed by atoms with Crippen molar-refractivity contribution in [2.24, 2.45) is 0 Å². The van der Waals surface area contributed by atoms with Crippen molar-refractivity contribution in [2.75, 3.05) is 0 Å². The maximum atomic E-state index is 12.2. The molecule has 1 heterocycles. The zero-order valence-corrected chi connectivity index (χ0v) is 9.41. The summed E-state index contributed by atoms with van der Waals surface area (Å²) in [6.45, 7) is 0. The van der Waals surface area contributed by atoms with Crippen molar-refractivity contribution < 1.29 is 24.8 Å². The molecule has 0 fully saturated rings. The van der Waals surface area contributed by atoms with Gasteiger partial charge in [-0.25, -0.2) is 0 Å². The molecule has 3 rings (SSSR count). The minimum absolute atomic E-state index is 0.0593. The molecule has 0 aliphatic carbocycles. The monoisotopic (exact) mass is 260 g/mol. The lowest BCUT2D eigenvalue weighted by Crippen LogP contribution is -2.02. The third-order valence-corrected chi connectivity index (χ3v) is 2.80. The molecule has 19 heavy (non-hydrogen) atoms. The van der Waals surface area contributed by atoms with E-state index in [4.69, 9.17) is 4.42 Å². The second-order valence-electron chi connectivity index (χ2n) is 4.11. The van der Waals surface area contributed by atoms with Crippen LogP contribution in [0.1, 0.15) is 0 Å². The Morgan fingerprint density at radius 1 is 0.842 bits per heavy atom. The molecule has 0 saturated carbocycles. The van der Waals surface area contributed by atoms with Gasteiger partial charge in [-0.15, -0.1) is 0 Å². The summed E-state index contributed by atoms with van der Waals surface area (Å²) < 4.78 is 5.29. The summed E-state index contributed by atoms with van der Waals surface area (Å²) >= 11 is 0. The molecule has 3 aromatic rings. The molecule has 0 atom stereocenters. The Labute approximate surface area is 105 Å². The summed E-state index contributed by atoms with van der Waals surface area (Å²) in [4.78, 5) is 12.2. The normalized spacial score (nSPS) is 11.2. The highest BCUT2D eigenvalue weighted by molar-refractivity contribution is 5.96. The predicted molar refractivity (Wildman–Crippen MR) is 66.6 cm³/mol. The van der Waals surface area contributed by atoms with Crippen molar-refractivity contribution in [3.05, 3.63) is 34.5 Å². The molecule has 6 nitrogen and oxygen atoms in total. The first kappa shape index (κ1) is 11.2. The summed E-state index contributed by atoms with van der Waals surface area (Å²) in [5.74, 6) is -1.41. The molecule has 0 aliphatic rings. The van der Waals surface area contributed by atoms with Gasteiger partial charge in [0.2, 0.25) is 5.43 Å². The van der Waals surface area contributed by atoms with Gasteiger partial charge in [0.05, 0.1) is 5.39 Å². The van der Waals surface area contributed by atoms with Crippen LogP contribution in [0, 0.1) is 0 Å². The summed E-state index contributed by atoms with van der Waals surface area (Å²) in [5.41, 5.74) is -0.795. The van der Waals surface area contributed by atoms with Crippen molar-refractivity contribution in [1.29, 1.82) is 0 Å². The zero-order chi connectivity index (χ0) is 13.7. The SMILES string of the molecule is O=c1c2cc(O)cc(O)c2oc2cc(O)cc(O)c12. The lowest BCUT2D eigenvalue weighted by Gasteiger charge is -2.05. The van der Waals surface area contributed by atoms with E-state index in [9.17, 15) is 25.2 Å². The van der Waals surface area contributed by atoms with Gasteiger partial charge in [0, 0.05) is 18.2 Å². The van der Waals surface area contributed by atoms with Gasteiger partial charge >= 0.3 is 0 Å². The Morgan fingerprint density at radius 3 is 2.21 bits per heavy atom. The van der Waals surface area contributed by atoms with Gasteiger partial charge in [-0.05, 0) is 6.07 Å². The highest BCUT2D eigenvalue weighted by Gasteiger charge is 2.15. The molecule has 0 saturated heterocycles. The van der Waals surface area contributed by atoms with Gasteiger partial charge in [-0.2, -0.15) is 0 Å². The van der Waals surface area contributed by atoms with Crippen LogP contribution in [0.2, 0.25) is 0 Å². The van der Waals surface area contributed by atoms with E-state index in [2.05, 4.69) is 0 Å². The van der Waals surface area contributed by atoms with Crippen molar-refractivity contribution in [1.82, 2.24) is 0 Å². The minimum atomic E-state index is -0.611. The predicted octanol–water partition coefficient (Wildman–Crippen LogP) is 1.77. The van der Waals surface area contributed by atoms with Crippen LogP contribution in [0.4, 0.5) is 0 Å². The van der Waals surface area contributed by atoms with Crippen LogP contribution < -0.4 is 5.43 Å². The van der Waals surface area contributed by atoms with Crippen LogP contribution >= 0.6 is 0 Å². The van der Waals surface area contributed by atoms with Crippen LogP contribution in [0.3, 0.4) is 0 Å². The maximum Gasteiger partial charge on any atom is 0.204 e. The summed E-state index contributed by atoms with van der Waals surface area (Å²) in [6, 6.07) is 4.32. The molecule has 0 amide bonds. The number of aromatic hydroxyl groups is 4. The molecule has 0 radical (unpaired) electrons. The quantitative estimate of drug-likeness (QED) is 0.458. The van der Waals surface area contributed by atoms with Crippen LogP contribution in [0.25, 0.3) is 21.9 Å². The first-order valence-electron chi connectivity index (χ1n) is 5.32. The van der Waals surface area contributed by atoms with Gasteiger partial charge < -0.3 is 24.8 Å². The Bertz CT molecular complexity index is 878. The molecule has 0 spiro atoms. The second kappa shape index (κ2) is 3.55. The Balaban J connectivity index is 2.64. The fourth-order valence-corrected chi connectivity index (χ4v) is 2.01. The van der Waals surface area contributed by atoms with Gasteiger partial charge in [0.1, 0.15) is 28.2 Å². The fraction of sp³-hybridized carbons (Fsp3) is 0. The smallest absolute Gasteiger partial charge is 0.204 e. The lowest BCUT2D eigenvalue weighted by molar-refractivity contribution is 0.443. The number of phenols is 4. The van der Waals surface area contributed by atoms with E-state index < -0.39 is 16.9 Å². The number of benzene rings is 2. The number of fused-ring (bicyclic) bond motifs is 2. The first-order valence-corrected chi connectivity index (χ1v) is 5.32. The Kier molecular flexibility index (Phi) is 2.10. The van der Waals surface area contributed by atoms with Gasteiger partial charge in [0.25, 0.3) is 0 Å². The third kappa shape index (κ3) is 1.54. The number of rotatable bonds is 0. The zero-order valence-electron chi connectivity index (χ0n) is 9.41. The second-order valence-corrected chi connectivity index (χ2v) is 4.11. The molecular formula is C13H8O6. The fourth-order valence-electron chi connectivity index (χ4n) is 2.01. The summed E-state index contributed by atoms with van der Waals surface area (Å²) in [5, 5.41) is 37.9. The Hall–Kier alpha value is -2.89. The largest absolute Gasteiger partial charge is 0.508 e. The van der Waals surface area contributed by atoms with Crippen molar-refractivity contribution in [3.8, 4) is 23.0 Å². The first-order chi connectivity index (χ1) is 8.97. The van der Waals surface area contributed by atoms with E-state index in [1.807, 2.05) is 0 Å². The number of hydrogen-bond donors (Lipinski definition) is 4. The molecule has 0 bridgehead atoms. The van der Waals surface area contributed by atoms with E-state index in [0.717, 1.165) is 24.3 Å². The summed E-state index contributed by atoms with van der Waals surface area (Å²) in [6.07, 6.45) is 0. The van der Waals surface area contributed by atoms with E-state index in [0.29, 0.717) is 0 Å². The van der Waals surface area contributed by atoms with Crippen molar-refractivity contribution in [2.45, 2.75) is 0 Å². The maximum absolute atomic E-state index is 12.2. The van der Waals surface area contributed by atoms with Crippen molar-refractivity contribution >= 4 is 21.9 Å². The highest BCUT2D eigenvalue weighted by atomic mass is 16.4.